The molecule has 28 heavy (non-hydrogen) atoms. The number of rotatable bonds is 9. The van der Waals surface area contributed by atoms with Gasteiger partial charge in [-0.05, 0) is 48.2 Å². The highest BCUT2D eigenvalue weighted by molar-refractivity contribution is 7.80. The van der Waals surface area contributed by atoms with Crippen LogP contribution < -0.4 is 15.5 Å². The van der Waals surface area contributed by atoms with Crippen LogP contribution in [0.5, 0.6) is 5.75 Å². The molecule has 1 atom stereocenters. The number of thiocarbonyl (C=S) groups is 1. The summed E-state index contributed by atoms with van der Waals surface area (Å²) < 4.78 is 5.84. The summed E-state index contributed by atoms with van der Waals surface area (Å²) in [6.45, 7) is 4.58. The summed E-state index contributed by atoms with van der Waals surface area (Å²) in [6, 6.07) is 16.7. The largest absolute Gasteiger partial charge is 0.491 e. The summed E-state index contributed by atoms with van der Waals surface area (Å²) in [4.78, 5) is 12.5. The van der Waals surface area contributed by atoms with E-state index >= 15 is 0 Å². The lowest BCUT2D eigenvalue weighted by atomic mass is 10.0. The molecule has 0 saturated carbocycles. The smallest absolute Gasteiger partial charge is 0.244 e. The maximum Gasteiger partial charge on any atom is 0.244 e. The quantitative estimate of drug-likeness (QED) is 0.339. The third-order valence-electron chi connectivity index (χ3n) is 4.00. The van der Waals surface area contributed by atoms with Crippen LogP contribution in [-0.4, -0.2) is 28.8 Å². The highest BCUT2D eigenvalue weighted by Gasteiger charge is 2.14. The lowest BCUT2D eigenvalue weighted by Crippen LogP contribution is -2.39. The molecule has 5 nitrogen and oxygen atoms in total. The zero-order valence-corrected chi connectivity index (χ0v) is 16.9. The lowest BCUT2D eigenvalue weighted by Gasteiger charge is -2.20. The van der Waals surface area contributed by atoms with Gasteiger partial charge in [0.15, 0.2) is 0 Å². The first-order valence-electron chi connectivity index (χ1n) is 9.19. The fourth-order valence-electron chi connectivity index (χ4n) is 2.69. The van der Waals surface area contributed by atoms with E-state index in [9.17, 15) is 4.79 Å². The minimum Gasteiger partial charge on any atom is -0.491 e. The van der Waals surface area contributed by atoms with Crippen molar-refractivity contribution in [2.24, 2.45) is 5.92 Å². The molecule has 3 N–H and O–H groups in total. The molecule has 0 aromatic heterocycles. The Morgan fingerprint density at radius 3 is 2.43 bits per heavy atom. The number of carbonyl (C=O) groups is 1. The third-order valence-corrected chi connectivity index (χ3v) is 4.33. The van der Waals surface area contributed by atoms with E-state index in [0.717, 1.165) is 12.0 Å². The number of hydroxylamine groups is 1. The van der Waals surface area contributed by atoms with Gasteiger partial charge in [-0.1, -0.05) is 56.4 Å². The minimum atomic E-state index is -0.146. The van der Waals surface area contributed by atoms with Crippen molar-refractivity contribution in [3.05, 3.63) is 71.8 Å². The molecule has 2 aromatic carbocycles. The van der Waals surface area contributed by atoms with Crippen LogP contribution >= 0.6 is 12.2 Å². The number of hydrogen-bond acceptors (Lipinski definition) is 4. The van der Waals surface area contributed by atoms with Gasteiger partial charge in [0.1, 0.15) is 17.3 Å². The normalized spacial score (nSPS) is 12.0. The van der Waals surface area contributed by atoms with Crippen molar-refractivity contribution < 1.29 is 14.7 Å². The standard InChI is InChI=1S/C22H26N2O3S/c1-16(2)14-19(23-21(25)13-8-17-6-4-3-5-7-17)15-27-20-11-9-18(10-12-20)22(28)24-26/h3-13,16,19,26H,14-15H2,1-2H3,(H,23,25)(H,24,28)/b13-8+/t19-/m1/s1. The molecule has 0 aliphatic heterocycles. The van der Waals surface area contributed by atoms with Crippen LogP contribution in [0.15, 0.2) is 60.7 Å². The molecule has 0 heterocycles. The summed E-state index contributed by atoms with van der Waals surface area (Å²) in [7, 11) is 0. The van der Waals surface area contributed by atoms with E-state index in [4.69, 9.17) is 22.2 Å². The SMILES string of the molecule is CC(C)C[C@H](COc1ccc(C(=S)NO)cc1)NC(=O)/C=C/c1ccccc1. The first-order valence-corrected chi connectivity index (χ1v) is 9.59. The van der Waals surface area contributed by atoms with E-state index in [2.05, 4.69) is 19.2 Å². The molecule has 0 fully saturated rings. The average Bonchev–Trinajstić information content (AvgIpc) is 2.70. The van der Waals surface area contributed by atoms with Crippen molar-refractivity contribution in [1.82, 2.24) is 10.8 Å². The van der Waals surface area contributed by atoms with Crippen molar-refractivity contribution >= 4 is 29.2 Å². The van der Waals surface area contributed by atoms with Gasteiger partial charge in [0, 0.05) is 11.6 Å². The Hall–Kier alpha value is -2.70. The molecule has 0 bridgehead atoms. The van der Waals surface area contributed by atoms with Crippen molar-refractivity contribution in [2.45, 2.75) is 26.3 Å². The fraction of sp³-hybridized carbons (Fsp3) is 0.273. The first-order chi connectivity index (χ1) is 13.5. The van der Waals surface area contributed by atoms with E-state index in [1.807, 2.05) is 35.8 Å². The Morgan fingerprint density at radius 1 is 1.14 bits per heavy atom. The Bertz CT molecular complexity index is 789. The lowest BCUT2D eigenvalue weighted by molar-refractivity contribution is -0.117. The van der Waals surface area contributed by atoms with Crippen LogP contribution in [0.1, 0.15) is 31.4 Å². The van der Waals surface area contributed by atoms with Crippen molar-refractivity contribution in [2.75, 3.05) is 6.61 Å². The Balaban J connectivity index is 1.92. The number of benzene rings is 2. The van der Waals surface area contributed by atoms with Gasteiger partial charge >= 0.3 is 0 Å². The zero-order valence-electron chi connectivity index (χ0n) is 16.1. The van der Waals surface area contributed by atoms with E-state index in [1.54, 1.807) is 36.4 Å². The van der Waals surface area contributed by atoms with Crippen LogP contribution in [-0.2, 0) is 4.79 Å². The average molecular weight is 399 g/mol. The van der Waals surface area contributed by atoms with Crippen LogP contribution in [0.3, 0.4) is 0 Å². The summed E-state index contributed by atoms with van der Waals surface area (Å²) in [6.07, 6.45) is 4.14. The molecule has 0 aliphatic carbocycles. The molecule has 0 aliphatic rings. The second kappa shape index (κ2) is 11.2. The molecule has 6 heteroatoms. The number of carbonyl (C=O) groups excluding carboxylic acids is 1. The topological polar surface area (TPSA) is 70.6 Å². The van der Waals surface area contributed by atoms with Gasteiger partial charge in [0.25, 0.3) is 0 Å². The minimum absolute atomic E-state index is 0.104. The summed E-state index contributed by atoms with van der Waals surface area (Å²) in [5, 5.41) is 11.9. The van der Waals surface area contributed by atoms with Gasteiger partial charge in [-0.25, -0.2) is 0 Å². The summed E-state index contributed by atoms with van der Waals surface area (Å²) >= 11 is 4.97. The molecular formula is C22H26N2O3S. The number of ether oxygens (including phenoxy) is 1. The van der Waals surface area contributed by atoms with Crippen LogP contribution in [0.4, 0.5) is 0 Å². The van der Waals surface area contributed by atoms with Gasteiger partial charge in [-0.2, -0.15) is 0 Å². The number of amides is 1. The molecule has 1 amide bonds. The molecule has 0 radical (unpaired) electrons. The maximum absolute atomic E-state index is 12.3. The van der Waals surface area contributed by atoms with Gasteiger partial charge in [0.05, 0.1) is 6.04 Å². The first kappa shape index (κ1) is 21.6. The Labute approximate surface area is 171 Å². The van der Waals surface area contributed by atoms with Crippen LogP contribution in [0, 0.1) is 5.92 Å². The van der Waals surface area contributed by atoms with Gasteiger partial charge < -0.3 is 10.1 Å². The Morgan fingerprint density at radius 2 is 1.82 bits per heavy atom. The monoisotopic (exact) mass is 398 g/mol. The van der Waals surface area contributed by atoms with E-state index in [0.29, 0.717) is 23.8 Å². The second-order valence-electron chi connectivity index (χ2n) is 6.86. The van der Waals surface area contributed by atoms with E-state index in [1.165, 1.54) is 0 Å². The van der Waals surface area contributed by atoms with Crippen molar-refractivity contribution in [3.8, 4) is 5.75 Å². The highest BCUT2D eigenvalue weighted by Crippen LogP contribution is 2.14. The second-order valence-corrected chi connectivity index (χ2v) is 7.26. The van der Waals surface area contributed by atoms with E-state index < -0.39 is 0 Å². The summed E-state index contributed by atoms with van der Waals surface area (Å²) in [5.74, 6) is 0.947. The van der Waals surface area contributed by atoms with E-state index in [-0.39, 0.29) is 16.9 Å². The Kier molecular flexibility index (Phi) is 8.65. The molecule has 0 spiro atoms. The van der Waals surface area contributed by atoms with Crippen molar-refractivity contribution in [1.29, 1.82) is 0 Å². The zero-order chi connectivity index (χ0) is 20.4. The molecule has 2 rings (SSSR count). The predicted molar refractivity (Wildman–Crippen MR) is 115 cm³/mol. The highest BCUT2D eigenvalue weighted by atomic mass is 32.1. The van der Waals surface area contributed by atoms with Gasteiger partial charge in [-0.3, -0.25) is 15.5 Å². The molecule has 0 saturated heterocycles. The number of hydrogen-bond donors (Lipinski definition) is 3. The van der Waals surface area contributed by atoms with Crippen LogP contribution in [0.2, 0.25) is 0 Å². The fourth-order valence-corrected chi connectivity index (χ4v) is 2.82. The van der Waals surface area contributed by atoms with Gasteiger partial charge in [-0.15, -0.1) is 0 Å². The van der Waals surface area contributed by atoms with Gasteiger partial charge in [0.2, 0.25) is 5.91 Å². The molecule has 2 aromatic rings. The molecular weight excluding hydrogens is 372 g/mol. The maximum atomic E-state index is 12.3. The van der Waals surface area contributed by atoms with Crippen LogP contribution in [0.25, 0.3) is 6.08 Å². The summed E-state index contributed by atoms with van der Waals surface area (Å²) in [5.41, 5.74) is 3.63. The molecule has 0 unspecified atom stereocenters. The van der Waals surface area contributed by atoms with Crippen molar-refractivity contribution in [3.63, 3.8) is 0 Å². The predicted octanol–water partition coefficient (Wildman–Crippen LogP) is 3.96. The number of nitrogens with one attached hydrogen (secondary N) is 2. The molecule has 148 valence electrons. The third kappa shape index (κ3) is 7.50.